The van der Waals surface area contributed by atoms with Crippen molar-refractivity contribution in [1.82, 2.24) is 10.2 Å². The van der Waals surface area contributed by atoms with Crippen molar-refractivity contribution in [2.24, 2.45) is 0 Å². The van der Waals surface area contributed by atoms with Gasteiger partial charge in [0.2, 0.25) is 11.8 Å². The number of nitrogens with zero attached hydrogens (tertiary/aromatic N) is 1. The third kappa shape index (κ3) is 5.52. The molecule has 162 valence electrons. The van der Waals surface area contributed by atoms with E-state index in [-0.39, 0.29) is 11.8 Å². The third-order valence-electron chi connectivity index (χ3n) is 5.95. The first-order chi connectivity index (χ1) is 15.1. The summed E-state index contributed by atoms with van der Waals surface area (Å²) in [5, 5.41) is 2.79. The van der Waals surface area contributed by atoms with Gasteiger partial charge in [0.1, 0.15) is 18.3 Å². The highest BCUT2D eigenvalue weighted by Crippen LogP contribution is 2.25. The average Bonchev–Trinajstić information content (AvgIpc) is 3.26. The summed E-state index contributed by atoms with van der Waals surface area (Å²) in [4.78, 5) is 28.3. The smallest absolute Gasteiger partial charge is 0.245 e. The van der Waals surface area contributed by atoms with E-state index in [0.29, 0.717) is 13.1 Å². The molecule has 0 spiro atoms. The van der Waals surface area contributed by atoms with Crippen LogP contribution in [0.25, 0.3) is 6.08 Å². The van der Waals surface area contributed by atoms with Gasteiger partial charge in [-0.25, -0.2) is 0 Å². The Morgan fingerprint density at radius 3 is 2.71 bits per heavy atom. The van der Waals surface area contributed by atoms with Gasteiger partial charge in [-0.2, -0.15) is 0 Å². The van der Waals surface area contributed by atoms with Crippen LogP contribution in [-0.2, 0) is 22.6 Å². The van der Waals surface area contributed by atoms with E-state index in [2.05, 4.69) is 23.5 Å². The predicted octanol–water partition coefficient (Wildman–Crippen LogP) is 1.07. The zero-order valence-electron chi connectivity index (χ0n) is 18.0. The fourth-order valence-electron chi connectivity index (χ4n) is 4.19. The van der Waals surface area contributed by atoms with Gasteiger partial charge in [0.05, 0.1) is 32.8 Å². The van der Waals surface area contributed by atoms with Crippen LogP contribution in [0.2, 0.25) is 0 Å². The van der Waals surface area contributed by atoms with Gasteiger partial charge in [0.15, 0.2) is 0 Å². The second-order valence-electron chi connectivity index (χ2n) is 8.27. The van der Waals surface area contributed by atoms with Crippen LogP contribution in [0.1, 0.15) is 23.6 Å². The first kappa shape index (κ1) is 21.1. The first-order valence-corrected chi connectivity index (χ1v) is 11.0. The SMILES string of the molecule is C[C@H](NC(=O)/C=C/c1ccccc1)C(=O)N1CC[NH+](Cc2ccc3c(c2)CCO3)CC1. The molecular weight excluding hydrogens is 390 g/mol. The van der Waals surface area contributed by atoms with Crippen LogP contribution in [0.5, 0.6) is 5.75 Å². The highest BCUT2D eigenvalue weighted by molar-refractivity contribution is 5.95. The molecule has 1 atom stereocenters. The van der Waals surface area contributed by atoms with Gasteiger partial charge in [0, 0.05) is 18.1 Å². The monoisotopic (exact) mass is 420 g/mol. The van der Waals surface area contributed by atoms with E-state index in [4.69, 9.17) is 4.74 Å². The van der Waals surface area contributed by atoms with Crippen molar-refractivity contribution in [3.05, 3.63) is 71.3 Å². The minimum absolute atomic E-state index is 0.0183. The molecule has 0 aromatic heterocycles. The maximum atomic E-state index is 12.8. The summed E-state index contributed by atoms with van der Waals surface area (Å²) in [7, 11) is 0. The van der Waals surface area contributed by atoms with E-state index in [9.17, 15) is 9.59 Å². The average molecular weight is 421 g/mol. The van der Waals surface area contributed by atoms with Gasteiger partial charge < -0.3 is 19.9 Å². The van der Waals surface area contributed by atoms with E-state index >= 15 is 0 Å². The van der Waals surface area contributed by atoms with Crippen LogP contribution in [-0.4, -0.2) is 55.5 Å². The first-order valence-electron chi connectivity index (χ1n) is 11.0. The molecule has 0 radical (unpaired) electrons. The molecule has 6 nitrogen and oxygen atoms in total. The summed E-state index contributed by atoms with van der Waals surface area (Å²) in [5.74, 6) is 0.744. The number of benzene rings is 2. The van der Waals surface area contributed by atoms with Crippen LogP contribution in [0, 0.1) is 0 Å². The minimum atomic E-state index is -0.536. The van der Waals surface area contributed by atoms with E-state index in [1.54, 1.807) is 13.0 Å². The summed E-state index contributed by atoms with van der Waals surface area (Å²) in [6.07, 6.45) is 4.22. The Morgan fingerprint density at radius 1 is 1.16 bits per heavy atom. The molecule has 31 heavy (non-hydrogen) atoms. The summed E-state index contributed by atoms with van der Waals surface area (Å²) in [6.45, 7) is 6.74. The van der Waals surface area contributed by atoms with Gasteiger partial charge in [0.25, 0.3) is 0 Å². The lowest BCUT2D eigenvalue weighted by atomic mass is 10.1. The van der Waals surface area contributed by atoms with Crippen molar-refractivity contribution in [3.63, 3.8) is 0 Å². The van der Waals surface area contributed by atoms with Gasteiger partial charge in [-0.15, -0.1) is 0 Å². The number of amides is 2. The number of nitrogens with one attached hydrogen (secondary N) is 2. The molecule has 2 amide bonds. The van der Waals surface area contributed by atoms with Crippen molar-refractivity contribution < 1.29 is 19.2 Å². The molecule has 4 rings (SSSR count). The molecule has 1 fully saturated rings. The number of fused-ring (bicyclic) bond motifs is 1. The van der Waals surface area contributed by atoms with Gasteiger partial charge in [-0.3, -0.25) is 9.59 Å². The quantitative estimate of drug-likeness (QED) is 0.688. The normalized spacial score (nSPS) is 17.3. The number of rotatable bonds is 6. The number of hydrogen-bond acceptors (Lipinski definition) is 3. The molecule has 6 heteroatoms. The summed E-state index contributed by atoms with van der Waals surface area (Å²) in [5.41, 5.74) is 3.58. The van der Waals surface area contributed by atoms with Crippen LogP contribution in [0.3, 0.4) is 0 Å². The molecule has 2 aliphatic heterocycles. The topological polar surface area (TPSA) is 63.1 Å². The number of carbonyl (C=O) groups excluding carboxylic acids is 2. The van der Waals surface area contributed by atoms with Crippen molar-refractivity contribution >= 4 is 17.9 Å². The Hall–Kier alpha value is -3.12. The Labute approximate surface area is 183 Å². The number of quaternary nitrogens is 1. The Kier molecular flexibility index (Phi) is 6.67. The molecule has 0 aliphatic carbocycles. The second kappa shape index (κ2) is 9.79. The van der Waals surface area contributed by atoms with Crippen LogP contribution < -0.4 is 15.0 Å². The predicted molar refractivity (Wildman–Crippen MR) is 120 cm³/mol. The van der Waals surface area contributed by atoms with Crippen LogP contribution in [0.15, 0.2) is 54.6 Å². The molecule has 0 bridgehead atoms. The second-order valence-corrected chi connectivity index (χ2v) is 8.27. The molecule has 2 aromatic carbocycles. The molecular formula is C25H30N3O3+. The summed E-state index contributed by atoms with van der Waals surface area (Å²) < 4.78 is 5.59. The lowest BCUT2D eigenvalue weighted by Gasteiger charge is -2.33. The van der Waals surface area contributed by atoms with E-state index < -0.39 is 6.04 Å². The number of ether oxygens (including phenoxy) is 1. The lowest BCUT2D eigenvalue weighted by Crippen LogP contribution is -3.13. The third-order valence-corrected chi connectivity index (χ3v) is 5.95. The molecule has 1 saturated heterocycles. The zero-order chi connectivity index (χ0) is 21.6. The zero-order valence-corrected chi connectivity index (χ0v) is 18.0. The van der Waals surface area contributed by atoms with E-state index in [0.717, 1.165) is 44.0 Å². The number of hydrogen-bond donors (Lipinski definition) is 2. The number of piperazine rings is 1. The maximum absolute atomic E-state index is 12.8. The van der Waals surface area contributed by atoms with Gasteiger partial charge in [-0.1, -0.05) is 30.3 Å². The molecule has 2 heterocycles. The summed E-state index contributed by atoms with van der Waals surface area (Å²) in [6, 6.07) is 15.6. The van der Waals surface area contributed by atoms with Crippen molar-refractivity contribution in [3.8, 4) is 5.75 Å². The van der Waals surface area contributed by atoms with Gasteiger partial charge >= 0.3 is 0 Å². The lowest BCUT2D eigenvalue weighted by molar-refractivity contribution is -0.917. The largest absolute Gasteiger partial charge is 0.493 e. The van der Waals surface area contributed by atoms with Crippen molar-refractivity contribution in [2.45, 2.75) is 25.9 Å². The fraction of sp³-hybridized carbons (Fsp3) is 0.360. The van der Waals surface area contributed by atoms with Crippen molar-refractivity contribution in [1.29, 1.82) is 0 Å². The standard InChI is InChI=1S/C25H29N3O3/c1-19(26-24(29)10-8-20-5-3-2-4-6-20)25(30)28-14-12-27(13-15-28)18-21-7-9-23-22(17-21)11-16-31-23/h2-10,17,19H,11-16,18H2,1H3,(H,26,29)/p+1/b10-8+/t19-/m0/s1. The minimum Gasteiger partial charge on any atom is -0.493 e. The fourth-order valence-corrected chi connectivity index (χ4v) is 4.19. The highest BCUT2D eigenvalue weighted by atomic mass is 16.5. The summed E-state index contributed by atoms with van der Waals surface area (Å²) >= 11 is 0. The van der Waals surface area contributed by atoms with E-state index in [1.165, 1.54) is 22.1 Å². The van der Waals surface area contributed by atoms with Crippen molar-refractivity contribution in [2.75, 3.05) is 32.8 Å². The highest BCUT2D eigenvalue weighted by Gasteiger charge is 2.27. The molecule has 2 aromatic rings. The van der Waals surface area contributed by atoms with E-state index in [1.807, 2.05) is 35.2 Å². The molecule has 0 unspecified atom stereocenters. The molecule has 0 saturated carbocycles. The Balaban J connectivity index is 1.23. The Morgan fingerprint density at radius 2 is 1.94 bits per heavy atom. The Bertz CT molecular complexity index is 950. The van der Waals surface area contributed by atoms with Crippen LogP contribution in [0.4, 0.5) is 0 Å². The van der Waals surface area contributed by atoms with Gasteiger partial charge in [-0.05, 0) is 42.3 Å². The van der Waals surface area contributed by atoms with Crippen LogP contribution >= 0.6 is 0 Å². The molecule has 2 N–H and O–H groups in total. The molecule has 2 aliphatic rings. The maximum Gasteiger partial charge on any atom is 0.245 e. The number of carbonyl (C=O) groups is 2.